The van der Waals surface area contributed by atoms with E-state index in [1.807, 2.05) is 52.0 Å². The van der Waals surface area contributed by atoms with Crippen molar-refractivity contribution in [3.05, 3.63) is 29.8 Å². The number of carbonyl (C=O) groups is 1. The molecule has 0 aromatic heterocycles. The Bertz CT molecular complexity index is 432. The fourth-order valence-corrected chi connectivity index (χ4v) is 1.98. The average molecular weight is 278 g/mol. The van der Waals surface area contributed by atoms with E-state index < -0.39 is 6.04 Å². The first-order chi connectivity index (χ1) is 9.43. The van der Waals surface area contributed by atoms with Crippen LogP contribution < -0.4 is 15.8 Å². The number of nitrogens with one attached hydrogen (secondary N) is 1. The lowest BCUT2D eigenvalue weighted by Gasteiger charge is -2.18. The molecule has 1 aromatic rings. The predicted molar refractivity (Wildman–Crippen MR) is 81.6 cm³/mol. The van der Waals surface area contributed by atoms with Crippen LogP contribution in [0.3, 0.4) is 0 Å². The van der Waals surface area contributed by atoms with Crippen LogP contribution in [0.2, 0.25) is 0 Å². The lowest BCUT2D eigenvalue weighted by atomic mass is 10.1. The maximum absolute atomic E-state index is 11.9. The predicted octanol–water partition coefficient (Wildman–Crippen LogP) is 2.78. The monoisotopic (exact) mass is 278 g/mol. The van der Waals surface area contributed by atoms with E-state index in [0.717, 1.165) is 17.7 Å². The third-order valence-corrected chi connectivity index (χ3v) is 3.03. The zero-order valence-electron chi connectivity index (χ0n) is 12.8. The minimum atomic E-state index is -0.433. The van der Waals surface area contributed by atoms with Crippen molar-refractivity contribution in [2.45, 2.75) is 58.7 Å². The maximum Gasteiger partial charge on any atom is 0.237 e. The van der Waals surface area contributed by atoms with Crippen molar-refractivity contribution in [3.8, 4) is 5.75 Å². The van der Waals surface area contributed by atoms with E-state index in [2.05, 4.69) is 5.32 Å². The van der Waals surface area contributed by atoms with Crippen LogP contribution >= 0.6 is 0 Å². The van der Waals surface area contributed by atoms with Gasteiger partial charge in [0.25, 0.3) is 0 Å². The van der Waals surface area contributed by atoms with Gasteiger partial charge in [0.05, 0.1) is 18.2 Å². The summed E-state index contributed by atoms with van der Waals surface area (Å²) in [5, 5.41) is 2.94. The van der Waals surface area contributed by atoms with Crippen LogP contribution in [0, 0.1) is 0 Å². The van der Waals surface area contributed by atoms with Gasteiger partial charge in [-0.3, -0.25) is 4.79 Å². The molecule has 1 aromatic carbocycles. The van der Waals surface area contributed by atoms with Crippen LogP contribution in [0.4, 0.5) is 0 Å². The largest absolute Gasteiger partial charge is 0.491 e. The molecule has 1 amide bonds. The number of carbonyl (C=O) groups excluding carboxylic acids is 1. The van der Waals surface area contributed by atoms with Crippen LogP contribution in [0.15, 0.2) is 24.3 Å². The van der Waals surface area contributed by atoms with Crippen molar-refractivity contribution in [2.75, 3.05) is 0 Å². The third kappa shape index (κ3) is 5.21. The normalized spacial score (nSPS) is 13.9. The van der Waals surface area contributed by atoms with Crippen LogP contribution in [0.25, 0.3) is 0 Å². The number of rotatable bonds is 7. The van der Waals surface area contributed by atoms with E-state index in [0.29, 0.717) is 6.42 Å². The molecule has 0 aliphatic heterocycles. The lowest BCUT2D eigenvalue weighted by Crippen LogP contribution is -2.41. The van der Waals surface area contributed by atoms with Crippen molar-refractivity contribution in [1.82, 2.24) is 5.32 Å². The summed E-state index contributed by atoms with van der Waals surface area (Å²) in [6.07, 6.45) is 1.74. The Labute approximate surface area is 121 Å². The molecule has 0 saturated heterocycles. The molecule has 112 valence electrons. The van der Waals surface area contributed by atoms with E-state index in [-0.39, 0.29) is 18.1 Å². The number of ether oxygens (including phenoxy) is 1. The molecule has 0 radical (unpaired) electrons. The van der Waals surface area contributed by atoms with Gasteiger partial charge in [0.1, 0.15) is 5.75 Å². The van der Waals surface area contributed by atoms with Gasteiger partial charge in [-0.1, -0.05) is 25.5 Å². The molecule has 0 bridgehead atoms. The second-order valence-electron chi connectivity index (χ2n) is 5.36. The molecule has 0 saturated carbocycles. The highest BCUT2D eigenvalue weighted by Gasteiger charge is 2.16. The molecule has 0 aliphatic rings. The molecule has 4 nitrogen and oxygen atoms in total. The summed E-state index contributed by atoms with van der Waals surface area (Å²) >= 11 is 0. The van der Waals surface area contributed by atoms with Gasteiger partial charge in [0, 0.05) is 0 Å². The highest BCUT2D eigenvalue weighted by atomic mass is 16.5. The van der Waals surface area contributed by atoms with Gasteiger partial charge in [-0.2, -0.15) is 0 Å². The summed E-state index contributed by atoms with van der Waals surface area (Å²) < 4.78 is 5.66. The van der Waals surface area contributed by atoms with Crippen LogP contribution in [0.5, 0.6) is 5.75 Å². The second kappa shape index (κ2) is 7.90. The summed E-state index contributed by atoms with van der Waals surface area (Å²) in [6, 6.07) is 7.26. The summed E-state index contributed by atoms with van der Waals surface area (Å²) in [4.78, 5) is 11.9. The van der Waals surface area contributed by atoms with Gasteiger partial charge in [0.2, 0.25) is 5.91 Å². The minimum absolute atomic E-state index is 0.0823. The molecular formula is C16H26N2O2. The van der Waals surface area contributed by atoms with Gasteiger partial charge in [-0.25, -0.2) is 0 Å². The van der Waals surface area contributed by atoms with Gasteiger partial charge in [0.15, 0.2) is 0 Å². The molecule has 0 fully saturated rings. The zero-order valence-corrected chi connectivity index (χ0v) is 12.8. The van der Waals surface area contributed by atoms with E-state index in [9.17, 15) is 4.79 Å². The number of hydrogen-bond acceptors (Lipinski definition) is 3. The molecule has 3 N–H and O–H groups in total. The van der Waals surface area contributed by atoms with Gasteiger partial charge >= 0.3 is 0 Å². The summed E-state index contributed by atoms with van der Waals surface area (Å²) in [7, 11) is 0. The number of benzene rings is 1. The van der Waals surface area contributed by atoms with E-state index >= 15 is 0 Å². The lowest BCUT2D eigenvalue weighted by molar-refractivity contribution is -0.123. The highest BCUT2D eigenvalue weighted by Crippen LogP contribution is 2.20. The Balaban J connectivity index is 2.67. The number of hydrogen-bond donors (Lipinski definition) is 2. The van der Waals surface area contributed by atoms with Gasteiger partial charge in [-0.15, -0.1) is 0 Å². The molecule has 1 rings (SSSR count). The molecule has 20 heavy (non-hydrogen) atoms. The summed E-state index contributed by atoms with van der Waals surface area (Å²) in [5.41, 5.74) is 6.83. The average Bonchev–Trinajstić information content (AvgIpc) is 2.38. The van der Waals surface area contributed by atoms with Gasteiger partial charge in [-0.05, 0) is 44.9 Å². The minimum Gasteiger partial charge on any atom is -0.491 e. The molecule has 2 atom stereocenters. The van der Waals surface area contributed by atoms with Gasteiger partial charge < -0.3 is 15.8 Å². The first-order valence-electron chi connectivity index (χ1n) is 7.26. The standard InChI is InChI=1S/C16H26N2O2/c1-5-7-15(17)16(19)18-12(4)13-8-6-9-14(10-13)20-11(2)3/h6,8-12,15H,5,7,17H2,1-4H3,(H,18,19)/t12?,15-/m1/s1. The van der Waals surface area contributed by atoms with Crippen LogP contribution in [0.1, 0.15) is 52.1 Å². The molecule has 0 spiro atoms. The van der Waals surface area contributed by atoms with Crippen molar-refractivity contribution in [1.29, 1.82) is 0 Å². The van der Waals surface area contributed by atoms with E-state index in [1.54, 1.807) is 0 Å². The highest BCUT2D eigenvalue weighted by molar-refractivity contribution is 5.81. The van der Waals surface area contributed by atoms with Crippen molar-refractivity contribution in [3.63, 3.8) is 0 Å². The Hall–Kier alpha value is -1.55. The zero-order chi connectivity index (χ0) is 15.1. The Morgan fingerprint density at radius 3 is 2.65 bits per heavy atom. The molecule has 1 unspecified atom stereocenters. The Kier molecular flexibility index (Phi) is 6.52. The first-order valence-corrected chi connectivity index (χ1v) is 7.26. The van der Waals surface area contributed by atoms with E-state index in [1.165, 1.54) is 0 Å². The fraction of sp³-hybridized carbons (Fsp3) is 0.562. The van der Waals surface area contributed by atoms with Crippen molar-refractivity contribution >= 4 is 5.91 Å². The Morgan fingerprint density at radius 2 is 2.05 bits per heavy atom. The topological polar surface area (TPSA) is 64.4 Å². The first kappa shape index (κ1) is 16.5. The molecule has 0 heterocycles. The quantitative estimate of drug-likeness (QED) is 0.806. The fourth-order valence-electron chi connectivity index (χ4n) is 1.98. The molecule has 4 heteroatoms. The third-order valence-electron chi connectivity index (χ3n) is 3.03. The Morgan fingerprint density at radius 1 is 1.35 bits per heavy atom. The number of nitrogens with two attached hydrogens (primary N) is 1. The maximum atomic E-state index is 11.9. The van der Waals surface area contributed by atoms with Crippen molar-refractivity contribution < 1.29 is 9.53 Å². The van der Waals surface area contributed by atoms with E-state index in [4.69, 9.17) is 10.5 Å². The second-order valence-corrected chi connectivity index (χ2v) is 5.36. The summed E-state index contributed by atoms with van der Waals surface area (Å²) in [5.74, 6) is 0.714. The molecular weight excluding hydrogens is 252 g/mol. The smallest absolute Gasteiger partial charge is 0.237 e. The van der Waals surface area contributed by atoms with Crippen LogP contribution in [-0.4, -0.2) is 18.1 Å². The van der Waals surface area contributed by atoms with Crippen molar-refractivity contribution in [2.24, 2.45) is 5.73 Å². The SMILES string of the molecule is CCC[C@@H](N)C(=O)NC(C)c1cccc(OC(C)C)c1. The number of amides is 1. The molecule has 0 aliphatic carbocycles. The van der Waals surface area contributed by atoms with Crippen LogP contribution in [-0.2, 0) is 4.79 Å². The summed E-state index contributed by atoms with van der Waals surface area (Å²) in [6.45, 7) is 7.94.